The molecule has 0 radical (unpaired) electrons. The van der Waals surface area contributed by atoms with Gasteiger partial charge >= 0.3 is 0 Å². The van der Waals surface area contributed by atoms with Crippen LogP contribution in [0.15, 0.2) is 23.2 Å². The zero-order valence-corrected chi connectivity index (χ0v) is 17.3. The van der Waals surface area contributed by atoms with Crippen molar-refractivity contribution in [1.82, 2.24) is 15.5 Å². The Labute approximate surface area is 164 Å². The first-order chi connectivity index (χ1) is 13.2. The van der Waals surface area contributed by atoms with Crippen LogP contribution in [0.2, 0.25) is 0 Å². The molecule has 0 amide bonds. The Bertz CT molecular complexity index is 627. The minimum Gasteiger partial charge on any atom is -0.493 e. The van der Waals surface area contributed by atoms with E-state index < -0.39 is 0 Å². The molecule has 2 aliphatic rings. The van der Waals surface area contributed by atoms with Gasteiger partial charge in [0.15, 0.2) is 5.96 Å². The Morgan fingerprint density at radius 1 is 1.22 bits per heavy atom. The van der Waals surface area contributed by atoms with Crippen LogP contribution in [0.25, 0.3) is 0 Å². The number of nitrogens with zero attached hydrogens (tertiary/aromatic N) is 2. The van der Waals surface area contributed by atoms with E-state index in [0.717, 1.165) is 55.3 Å². The summed E-state index contributed by atoms with van der Waals surface area (Å²) in [7, 11) is 0. The van der Waals surface area contributed by atoms with Crippen LogP contribution in [-0.2, 0) is 6.54 Å². The Morgan fingerprint density at radius 3 is 2.81 bits per heavy atom. The van der Waals surface area contributed by atoms with E-state index in [1.54, 1.807) is 0 Å². The predicted octanol–water partition coefficient (Wildman–Crippen LogP) is 3.32. The summed E-state index contributed by atoms with van der Waals surface area (Å²) >= 11 is 0. The third-order valence-electron chi connectivity index (χ3n) is 5.37. The topological polar surface area (TPSA) is 48.9 Å². The molecule has 1 aromatic rings. The molecule has 0 spiro atoms. The van der Waals surface area contributed by atoms with E-state index >= 15 is 0 Å². The number of rotatable bonds is 9. The summed E-state index contributed by atoms with van der Waals surface area (Å²) in [6.07, 6.45) is 5.13. The van der Waals surface area contributed by atoms with Crippen molar-refractivity contribution in [1.29, 1.82) is 0 Å². The molecular weight excluding hydrogens is 336 g/mol. The first kappa shape index (κ1) is 20.0. The average Bonchev–Trinajstić information content (AvgIpc) is 3.41. The molecule has 0 bridgehead atoms. The SMILES string of the molecule is CCCOc1cc(C)ccc1CN=C(NCC)NCC1CCN(C2CC2)C1. The molecule has 1 aromatic carbocycles. The Kier molecular flexibility index (Phi) is 7.39. The molecule has 1 aliphatic heterocycles. The van der Waals surface area contributed by atoms with Crippen LogP contribution in [0, 0.1) is 12.8 Å². The van der Waals surface area contributed by atoms with Gasteiger partial charge in [-0.25, -0.2) is 4.99 Å². The molecule has 5 nitrogen and oxygen atoms in total. The summed E-state index contributed by atoms with van der Waals surface area (Å²) in [6.45, 7) is 12.1. The summed E-state index contributed by atoms with van der Waals surface area (Å²) in [6, 6.07) is 7.28. The lowest BCUT2D eigenvalue weighted by atomic mass is 10.1. The van der Waals surface area contributed by atoms with Crippen molar-refractivity contribution in [2.75, 3.05) is 32.8 Å². The number of aryl methyl sites for hydroxylation is 1. The molecule has 5 heteroatoms. The van der Waals surface area contributed by atoms with Gasteiger partial charge in [0.25, 0.3) is 0 Å². The zero-order chi connectivity index (χ0) is 19.1. The van der Waals surface area contributed by atoms with Gasteiger partial charge in [0, 0.05) is 31.2 Å². The van der Waals surface area contributed by atoms with Crippen LogP contribution in [0.5, 0.6) is 5.75 Å². The number of likely N-dealkylation sites (tertiary alicyclic amines) is 1. The van der Waals surface area contributed by atoms with Crippen molar-refractivity contribution < 1.29 is 4.74 Å². The molecule has 2 N–H and O–H groups in total. The fourth-order valence-corrected chi connectivity index (χ4v) is 3.69. The van der Waals surface area contributed by atoms with Gasteiger partial charge in [0.05, 0.1) is 13.2 Å². The lowest BCUT2D eigenvalue weighted by molar-refractivity contribution is 0.313. The summed E-state index contributed by atoms with van der Waals surface area (Å²) in [4.78, 5) is 7.48. The molecule has 1 saturated carbocycles. The second-order valence-electron chi connectivity index (χ2n) is 7.92. The second-order valence-corrected chi connectivity index (χ2v) is 7.92. The fourth-order valence-electron chi connectivity index (χ4n) is 3.69. The second kappa shape index (κ2) is 9.98. The predicted molar refractivity (Wildman–Crippen MR) is 112 cm³/mol. The fraction of sp³-hybridized carbons (Fsp3) is 0.682. The van der Waals surface area contributed by atoms with Crippen molar-refractivity contribution in [3.05, 3.63) is 29.3 Å². The van der Waals surface area contributed by atoms with Gasteiger partial charge in [-0.15, -0.1) is 0 Å². The van der Waals surface area contributed by atoms with E-state index in [0.29, 0.717) is 6.54 Å². The van der Waals surface area contributed by atoms with Gasteiger partial charge in [-0.2, -0.15) is 0 Å². The number of ether oxygens (including phenoxy) is 1. The highest BCUT2D eigenvalue weighted by molar-refractivity contribution is 5.79. The van der Waals surface area contributed by atoms with Gasteiger partial charge in [-0.05, 0) is 63.6 Å². The van der Waals surface area contributed by atoms with Crippen LogP contribution < -0.4 is 15.4 Å². The summed E-state index contributed by atoms with van der Waals surface area (Å²) in [5.74, 6) is 2.61. The molecule has 27 heavy (non-hydrogen) atoms. The maximum Gasteiger partial charge on any atom is 0.191 e. The van der Waals surface area contributed by atoms with Gasteiger partial charge in [0.1, 0.15) is 5.75 Å². The normalized spacial score (nSPS) is 20.7. The highest BCUT2D eigenvalue weighted by atomic mass is 16.5. The maximum absolute atomic E-state index is 5.93. The first-order valence-corrected chi connectivity index (χ1v) is 10.7. The van der Waals surface area contributed by atoms with E-state index in [-0.39, 0.29) is 0 Å². The molecule has 1 aliphatic carbocycles. The molecule has 1 saturated heterocycles. The summed E-state index contributed by atoms with van der Waals surface area (Å²) in [5, 5.41) is 6.94. The highest BCUT2D eigenvalue weighted by Gasteiger charge is 2.34. The molecule has 1 unspecified atom stereocenters. The van der Waals surface area contributed by atoms with Crippen molar-refractivity contribution in [2.24, 2.45) is 10.9 Å². The lowest BCUT2D eigenvalue weighted by Crippen LogP contribution is -2.40. The van der Waals surface area contributed by atoms with Crippen LogP contribution in [0.1, 0.15) is 50.7 Å². The number of hydrogen-bond acceptors (Lipinski definition) is 3. The third kappa shape index (κ3) is 6.13. The number of nitrogens with one attached hydrogen (secondary N) is 2. The third-order valence-corrected chi connectivity index (χ3v) is 5.37. The standard InChI is InChI=1S/C22H36N4O/c1-4-12-27-21-13-17(3)6-7-19(21)15-25-22(23-5-2)24-14-18-10-11-26(16-18)20-8-9-20/h6-7,13,18,20H,4-5,8-12,14-16H2,1-3H3,(H2,23,24,25). The largest absolute Gasteiger partial charge is 0.493 e. The average molecular weight is 373 g/mol. The van der Waals surface area contributed by atoms with Crippen LogP contribution in [0.4, 0.5) is 0 Å². The van der Waals surface area contributed by atoms with Gasteiger partial charge < -0.3 is 20.3 Å². The number of benzene rings is 1. The first-order valence-electron chi connectivity index (χ1n) is 10.7. The minimum atomic E-state index is 0.632. The van der Waals surface area contributed by atoms with Crippen molar-refractivity contribution in [3.63, 3.8) is 0 Å². The van der Waals surface area contributed by atoms with Crippen molar-refractivity contribution >= 4 is 5.96 Å². The van der Waals surface area contributed by atoms with E-state index in [1.165, 1.54) is 37.9 Å². The Balaban J connectivity index is 1.55. The van der Waals surface area contributed by atoms with Crippen LogP contribution >= 0.6 is 0 Å². The molecular formula is C22H36N4O. The van der Waals surface area contributed by atoms with Crippen LogP contribution in [0.3, 0.4) is 0 Å². The van der Waals surface area contributed by atoms with Crippen molar-refractivity contribution in [3.8, 4) is 5.75 Å². The molecule has 3 rings (SSSR count). The number of hydrogen-bond donors (Lipinski definition) is 2. The van der Waals surface area contributed by atoms with E-state index in [2.05, 4.69) is 54.5 Å². The van der Waals surface area contributed by atoms with E-state index in [1.807, 2.05) is 0 Å². The van der Waals surface area contributed by atoms with Crippen molar-refractivity contribution in [2.45, 2.75) is 59.0 Å². The van der Waals surface area contributed by atoms with Gasteiger partial charge in [-0.1, -0.05) is 19.1 Å². The molecule has 2 fully saturated rings. The number of guanidine groups is 1. The smallest absolute Gasteiger partial charge is 0.191 e. The monoisotopic (exact) mass is 372 g/mol. The minimum absolute atomic E-state index is 0.632. The highest BCUT2D eigenvalue weighted by Crippen LogP contribution is 2.31. The molecule has 150 valence electrons. The quantitative estimate of drug-likeness (QED) is 0.516. The molecule has 1 heterocycles. The zero-order valence-electron chi connectivity index (χ0n) is 17.3. The van der Waals surface area contributed by atoms with E-state index in [4.69, 9.17) is 9.73 Å². The van der Waals surface area contributed by atoms with Crippen LogP contribution in [-0.4, -0.2) is 49.7 Å². The van der Waals surface area contributed by atoms with E-state index in [9.17, 15) is 0 Å². The lowest BCUT2D eigenvalue weighted by Gasteiger charge is -2.17. The Morgan fingerprint density at radius 2 is 2.07 bits per heavy atom. The summed E-state index contributed by atoms with van der Waals surface area (Å²) in [5.41, 5.74) is 2.37. The number of aliphatic imine (C=N–C) groups is 1. The van der Waals surface area contributed by atoms with Gasteiger partial charge in [-0.3, -0.25) is 0 Å². The van der Waals surface area contributed by atoms with Gasteiger partial charge in [0.2, 0.25) is 0 Å². The molecule has 1 atom stereocenters. The maximum atomic E-state index is 5.93. The Hall–Kier alpha value is -1.75. The summed E-state index contributed by atoms with van der Waals surface area (Å²) < 4.78 is 5.93. The molecule has 0 aromatic heterocycles.